The Morgan fingerprint density at radius 2 is 1.63 bits per heavy atom. The van der Waals surface area contributed by atoms with Crippen molar-refractivity contribution in [3.63, 3.8) is 0 Å². The Hall–Kier alpha value is -2.29. The van der Waals surface area contributed by atoms with E-state index in [1.54, 1.807) is 0 Å². The molecule has 3 nitrogen and oxygen atoms in total. The lowest BCUT2D eigenvalue weighted by molar-refractivity contribution is -0.116. The smallest absolute Gasteiger partial charge is 0.224 e. The van der Waals surface area contributed by atoms with Crippen molar-refractivity contribution in [3.8, 4) is 5.75 Å². The molecule has 0 aliphatic rings. The van der Waals surface area contributed by atoms with E-state index in [2.05, 4.69) is 64.2 Å². The first kappa shape index (κ1) is 21.0. The second kappa shape index (κ2) is 9.59. The number of aryl methyl sites for hydroxylation is 2. The van der Waals surface area contributed by atoms with E-state index in [9.17, 15) is 4.79 Å². The van der Waals surface area contributed by atoms with E-state index in [0.717, 1.165) is 17.0 Å². The molecule has 0 aliphatic heterocycles. The number of para-hydroxylation sites is 1. The lowest BCUT2D eigenvalue weighted by Crippen LogP contribution is -2.16. The Morgan fingerprint density at radius 3 is 2.19 bits per heavy atom. The molecule has 0 fully saturated rings. The van der Waals surface area contributed by atoms with Gasteiger partial charge in [0, 0.05) is 12.1 Å². The quantitative estimate of drug-likeness (QED) is 0.552. The molecule has 1 amide bonds. The van der Waals surface area contributed by atoms with Crippen LogP contribution in [0.5, 0.6) is 5.75 Å². The molecule has 0 heterocycles. The Balaban J connectivity index is 1.94. The van der Waals surface area contributed by atoms with Gasteiger partial charge in [-0.2, -0.15) is 0 Å². The summed E-state index contributed by atoms with van der Waals surface area (Å²) in [6, 6.07) is 12.4. The summed E-state index contributed by atoms with van der Waals surface area (Å²) in [7, 11) is 0. The predicted molar refractivity (Wildman–Crippen MR) is 114 cm³/mol. The second-order valence-electron chi connectivity index (χ2n) is 7.89. The molecule has 2 rings (SSSR count). The summed E-state index contributed by atoms with van der Waals surface area (Å²) >= 11 is 0. The Bertz CT molecular complexity index is 752. The zero-order chi connectivity index (χ0) is 20.0. The van der Waals surface area contributed by atoms with Crippen molar-refractivity contribution in [1.29, 1.82) is 0 Å². The number of hydrogen-bond acceptors (Lipinski definition) is 2. The third kappa shape index (κ3) is 5.85. The molecular weight excluding hydrogens is 334 g/mol. The molecule has 0 aliphatic carbocycles. The molecule has 3 heteroatoms. The van der Waals surface area contributed by atoms with Gasteiger partial charge in [0.25, 0.3) is 0 Å². The maximum Gasteiger partial charge on any atom is 0.224 e. The number of rotatable bonds is 8. The molecule has 0 saturated heterocycles. The van der Waals surface area contributed by atoms with Crippen molar-refractivity contribution >= 4 is 11.6 Å². The van der Waals surface area contributed by atoms with Crippen LogP contribution in [-0.2, 0) is 4.79 Å². The molecule has 0 saturated carbocycles. The number of anilines is 1. The lowest BCUT2D eigenvalue weighted by Gasteiger charge is -2.20. The summed E-state index contributed by atoms with van der Waals surface area (Å²) in [6.07, 6.45) is 1.15. The standard InChI is InChI=1S/C24H33NO2/c1-16(2)20-9-7-10-21(17(3)4)24(20)25-23(26)11-8-14-27-22-13-12-18(5)15-19(22)6/h7,9-10,12-13,15-17H,8,11,14H2,1-6H3,(H,25,26). The van der Waals surface area contributed by atoms with Gasteiger partial charge in [-0.05, 0) is 54.9 Å². The SMILES string of the molecule is Cc1ccc(OCCCC(=O)Nc2c(C(C)C)cccc2C(C)C)c(C)c1. The van der Waals surface area contributed by atoms with Crippen LogP contribution in [0.25, 0.3) is 0 Å². The van der Waals surface area contributed by atoms with Gasteiger partial charge in [0.2, 0.25) is 5.91 Å². The highest BCUT2D eigenvalue weighted by molar-refractivity contribution is 5.92. The number of nitrogens with one attached hydrogen (secondary N) is 1. The number of amides is 1. The molecule has 0 unspecified atom stereocenters. The number of ether oxygens (including phenoxy) is 1. The van der Waals surface area contributed by atoms with E-state index in [1.807, 2.05) is 19.1 Å². The monoisotopic (exact) mass is 367 g/mol. The maximum atomic E-state index is 12.5. The third-order valence-electron chi connectivity index (χ3n) is 4.77. The predicted octanol–water partition coefficient (Wildman–Crippen LogP) is 6.35. The molecule has 2 aromatic rings. The average Bonchev–Trinajstić information content (AvgIpc) is 2.60. The highest BCUT2D eigenvalue weighted by Gasteiger charge is 2.15. The fraction of sp³-hybridized carbons (Fsp3) is 0.458. The topological polar surface area (TPSA) is 38.3 Å². The summed E-state index contributed by atoms with van der Waals surface area (Å²) in [5.41, 5.74) is 5.74. The first-order valence-electron chi connectivity index (χ1n) is 9.92. The van der Waals surface area contributed by atoms with E-state index in [0.29, 0.717) is 31.3 Å². The van der Waals surface area contributed by atoms with Gasteiger partial charge in [-0.3, -0.25) is 4.79 Å². The summed E-state index contributed by atoms with van der Waals surface area (Å²) in [5, 5.41) is 3.16. The van der Waals surface area contributed by atoms with Crippen molar-refractivity contribution in [2.75, 3.05) is 11.9 Å². The van der Waals surface area contributed by atoms with E-state index < -0.39 is 0 Å². The highest BCUT2D eigenvalue weighted by atomic mass is 16.5. The summed E-state index contributed by atoms with van der Waals surface area (Å²) in [6.45, 7) is 13.3. The molecule has 0 bridgehead atoms. The molecule has 0 radical (unpaired) electrons. The second-order valence-corrected chi connectivity index (χ2v) is 7.89. The number of hydrogen-bond donors (Lipinski definition) is 1. The minimum absolute atomic E-state index is 0.0502. The van der Waals surface area contributed by atoms with E-state index >= 15 is 0 Å². The number of carbonyl (C=O) groups excluding carboxylic acids is 1. The van der Waals surface area contributed by atoms with E-state index in [1.165, 1.54) is 16.7 Å². The largest absolute Gasteiger partial charge is 0.493 e. The molecular formula is C24H33NO2. The minimum atomic E-state index is 0.0502. The number of benzene rings is 2. The van der Waals surface area contributed by atoms with Crippen LogP contribution in [0.2, 0.25) is 0 Å². The van der Waals surface area contributed by atoms with Gasteiger partial charge < -0.3 is 10.1 Å². The van der Waals surface area contributed by atoms with Gasteiger partial charge in [0.05, 0.1) is 6.61 Å². The molecule has 2 aromatic carbocycles. The Kier molecular flexibility index (Phi) is 7.46. The molecule has 0 spiro atoms. The average molecular weight is 368 g/mol. The summed E-state index contributed by atoms with van der Waals surface area (Å²) in [5.74, 6) is 1.68. The van der Waals surface area contributed by atoms with Gasteiger partial charge in [0.15, 0.2) is 0 Å². The van der Waals surface area contributed by atoms with Gasteiger partial charge in [-0.15, -0.1) is 0 Å². The lowest BCUT2D eigenvalue weighted by atomic mass is 9.92. The van der Waals surface area contributed by atoms with Gasteiger partial charge >= 0.3 is 0 Å². The van der Waals surface area contributed by atoms with Crippen LogP contribution in [0.15, 0.2) is 36.4 Å². The molecule has 27 heavy (non-hydrogen) atoms. The Morgan fingerprint density at radius 1 is 1.00 bits per heavy atom. The highest BCUT2D eigenvalue weighted by Crippen LogP contribution is 2.32. The molecule has 0 atom stereocenters. The van der Waals surface area contributed by atoms with E-state index in [-0.39, 0.29) is 5.91 Å². The fourth-order valence-corrected chi connectivity index (χ4v) is 3.27. The normalized spacial score (nSPS) is 11.1. The zero-order valence-corrected chi connectivity index (χ0v) is 17.6. The first-order valence-corrected chi connectivity index (χ1v) is 9.92. The molecule has 0 aromatic heterocycles. The van der Waals surface area contributed by atoms with Crippen molar-refractivity contribution in [3.05, 3.63) is 58.7 Å². The van der Waals surface area contributed by atoms with Crippen LogP contribution in [0.3, 0.4) is 0 Å². The summed E-state index contributed by atoms with van der Waals surface area (Å²) < 4.78 is 5.84. The number of carbonyl (C=O) groups is 1. The van der Waals surface area contributed by atoms with Crippen LogP contribution in [-0.4, -0.2) is 12.5 Å². The van der Waals surface area contributed by atoms with Gasteiger partial charge in [-0.25, -0.2) is 0 Å². The van der Waals surface area contributed by atoms with Crippen molar-refractivity contribution in [2.45, 2.75) is 66.2 Å². The van der Waals surface area contributed by atoms with Crippen LogP contribution in [0, 0.1) is 13.8 Å². The molecule has 146 valence electrons. The minimum Gasteiger partial charge on any atom is -0.493 e. The van der Waals surface area contributed by atoms with Crippen molar-refractivity contribution < 1.29 is 9.53 Å². The van der Waals surface area contributed by atoms with Gasteiger partial charge in [0.1, 0.15) is 5.75 Å². The maximum absolute atomic E-state index is 12.5. The van der Waals surface area contributed by atoms with Crippen LogP contribution in [0.4, 0.5) is 5.69 Å². The van der Waals surface area contributed by atoms with Crippen LogP contribution < -0.4 is 10.1 Å². The summed E-state index contributed by atoms with van der Waals surface area (Å²) in [4.78, 5) is 12.5. The molecule has 1 N–H and O–H groups in total. The van der Waals surface area contributed by atoms with Crippen molar-refractivity contribution in [2.24, 2.45) is 0 Å². The zero-order valence-electron chi connectivity index (χ0n) is 17.6. The Labute approximate surface area is 164 Å². The first-order chi connectivity index (χ1) is 12.8. The van der Waals surface area contributed by atoms with E-state index in [4.69, 9.17) is 4.74 Å². The van der Waals surface area contributed by atoms with Crippen molar-refractivity contribution in [1.82, 2.24) is 0 Å². The fourth-order valence-electron chi connectivity index (χ4n) is 3.27. The van der Waals surface area contributed by atoms with Gasteiger partial charge in [-0.1, -0.05) is 63.6 Å². The van der Waals surface area contributed by atoms with Crippen LogP contribution in [0.1, 0.15) is 74.6 Å². The van der Waals surface area contributed by atoms with Crippen LogP contribution >= 0.6 is 0 Å². The third-order valence-corrected chi connectivity index (χ3v) is 4.77.